The molecule has 1 aromatic carbocycles. The number of aliphatic hydroxyl groups excluding tert-OH is 1. The summed E-state index contributed by atoms with van der Waals surface area (Å²) < 4.78 is 24.4. The summed E-state index contributed by atoms with van der Waals surface area (Å²) in [6.45, 7) is 4.07. The number of rotatable bonds is 4. The van der Waals surface area contributed by atoms with Crippen LogP contribution in [-0.2, 0) is 4.74 Å². The van der Waals surface area contributed by atoms with Gasteiger partial charge in [-0.25, -0.2) is 4.39 Å². The van der Waals surface area contributed by atoms with Crippen LogP contribution >= 0.6 is 0 Å². The maximum absolute atomic E-state index is 13.1. The topological polar surface area (TPSA) is 38.7 Å². The fraction of sp³-hybridized carbons (Fsp3) is 0.571. The fourth-order valence-electron chi connectivity index (χ4n) is 2.17. The van der Waals surface area contributed by atoms with Crippen LogP contribution < -0.4 is 4.74 Å². The third-order valence-corrected chi connectivity index (χ3v) is 3.17. The molecule has 0 amide bonds. The normalized spacial score (nSPS) is 25.1. The van der Waals surface area contributed by atoms with Crippen molar-refractivity contribution in [3.05, 3.63) is 29.6 Å². The Morgan fingerprint density at radius 1 is 1.50 bits per heavy atom. The van der Waals surface area contributed by atoms with Gasteiger partial charge in [-0.3, -0.25) is 0 Å². The monoisotopic (exact) mass is 254 g/mol. The standard InChI is InChI=1S/C14H19FO3/c1-9-3-5-12(18-9)8-17-14-6-4-11(15)7-13(14)10(2)16/h4,6-7,9-10,12,16H,3,5,8H2,1-2H3. The van der Waals surface area contributed by atoms with Crippen molar-refractivity contribution in [2.75, 3.05) is 6.61 Å². The molecule has 3 unspecified atom stereocenters. The smallest absolute Gasteiger partial charge is 0.125 e. The number of aliphatic hydroxyl groups is 1. The van der Waals surface area contributed by atoms with Gasteiger partial charge in [-0.15, -0.1) is 0 Å². The molecule has 0 saturated carbocycles. The number of halogens is 1. The molecule has 4 heteroatoms. The summed E-state index contributed by atoms with van der Waals surface area (Å²) in [5.41, 5.74) is 0.473. The van der Waals surface area contributed by atoms with Crippen molar-refractivity contribution in [2.24, 2.45) is 0 Å². The Bertz CT molecular complexity index is 406. The molecule has 2 rings (SSSR count). The third kappa shape index (κ3) is 3.21. The van der Waals surface area contributed by atoms with Crippen molar-refractivity contribution in [3.63, 3.8) is 0 Å². The molecule has 0 spiro atoms. The zero-order valence-corrected chi connectivity index (χ0v) is 10.7. The Morgan fingerprint density at radius 2 is 2.28 bits per heavy atom. The molecule has 0 aromatic heterocycles. The first-order valence-corrected chi connectivity index (χ1v) is 6.32. The molecule has 0 aliphatic carbocycles. The fourth-order valence-corrected chi connectivity index (χ4v) is 2.17. The first-order chi connectivity index (χ1) is 8.56. The lowest BCUT2D eigenvalue weighted by atomic mass is 10.1. The van der Waals surface area contributed by atoms with Crippen LogP contribution in [0.5, 0.6) is 5.75 Å². The summed E-state index contributed by atoms with van der Waals surface area (Å²) >= 11 is 0. The van der Waals surface area contributed by atoms with Crippen LogP contribution in [0, 0.1) is 5.82 Å². The second-order valence-electron chi connectivity index (χ2n) is 4.82. The van der Waals surface area contributed by atoms with Gasteiger partial charge in [0.25, 0.3) is 0 Å². The lowest BCUT2D eigenvalue weighted by Gasteiger charge is -2.16. The molecule has 1 heterocycles. The van der Waals surface area contributed by atoms with Crippen LogP contribution in [0.3, 0.4) is 0 Å². The molecule has 3 atom stereocenters. The summed E-state index contributed by atoms with van der Waals surface area (Å²) in [7, 11) is 0. The average Bonchev–Trinajstić information content (AvgIpc) is 2.73. The van der Waals surface area contributed by atoms with Crippen LogP contribution in [-0.4, -0.2) is 23.9 Å². The molecule has 1 aliphatic heterocycles. The maximum Gasteiger partial charge on any atom is 0.125 e. The van der Waals surface area contributed by atoms with Gasteiger partial charge in [0, 0.05) is 5.56 Å². The summed E-state index contributed by atoms with van der Waals surface area (Å²) in [4.78, 5) is 0. The Balaban J connectivity index is 2.00. The summed E-state index contributed by atoms with van der Waals surface area (Å²) in [5.74, 6) is 0.151. The molecule has 18 heavy (non-hydrogen) atoms. The van der Waals surface area contributed by atoms with Crippen molar-refractivity contribution in [3.8, 4) is 5.75 Å². The van der Waals surface area contributed by atoms with Crippen LogP contribution in [0.15, 0.2) is 18.2 Å². The van der Waals surface area contributed by atoms with Gasteiger partial charge in [0.15, 0.2) is 0 Å². The van der Waals surface area contributed by atoms with Gasteiger partial charge in [0.1, 0.15) is 18.2 Å². The van der Waals surface area contributed by atoms with Crippen LogP contribution in [0.1, 0.15) is 38.4 Å². The predicted octanol–water partition coefficient (Wildman–Crippen LogP) is 2.83. The Hall–Kier alpha value is -1.13. The maximum atomic E-state index is 13.1. The lowest BCUT2D eigenvalue weighted by Crippen LogP contribution is -2.18. The summed E-state index contributed by atoms with van der Waals surface area (Å²) in [6.07, 6.45) is 1.64. The third-order valence-electron chi connectivity index (χ3n) is 3.17. The minimum atomic E-state index is -0.751. The predicted molar refractivity (Wildman–Crippen MR) is 66.1 cm³/mol. The minimum absolute atomic E-state index is 0.0897. The molecule has 100 valence electrons. The van der Waals surface area contributed by atoms with Gasteiger partial charge < -0.3 is 14.6 Å². The summed E-state index contributed by atoms with van der Waals surface area (Å²) in [6, 6.07) is 4.19. The summed E-state index contributed by atoms with van der Waals surface area (Å²) in [5, 5.41) is 9.59. The number of hydrogen-bond acceptors (Lipinski definition) is 3. The highest BCUT2D eigenvalue weighted by molar-refractivity contribution is 5.35. The van der Waals surface area contributed by atoms with Gasteiger partial charge in [-0.2, -0.15) is 0 Å². The van der Waals surface area contributed by atoms with E-state index in [0.717, 1.165) is 12.8 Å². The Morgan fingerprint density at radius 3 is 2.89 bits per heavy atom. The van der Waals surface area contributed by atoms with E-state index in [1.54, 1.807) is 13.0 Å². The molecule has 1 N–H and O–H groups in total. The molecule has 3 nitrogen and oxygen atoms in total. The first-order valence-electron chi connectivity index (χ1n) is 6.32. The van der Waals surface area contributed by atoms with E-state index >= 15 is 0 Å². The average molecular weight is 254 g/mol. The minimum Gasteiger partial charge on any atom is -0.490 e. The Kier molecular flexibility index (Phi) is 4.19. The van der Waals surface area contributed by atoms with Crippen molar-refractivity contribution in [1.29, 1.82) is 0 Å². The van der Waals surface area contributed by atoms with Crippen molar-refractivity contribution < 1.29 is 19.0 Å². The van der Waals surface area contributed by atoms with E-state index < -0.39 is 6.10 Å². The van der Waals surface area contributed by atoms with Crippen LogP contribution in [0.4, 0.5) is 4.39 Å². The molecule has 1 saturated heterocycles. The quantitative estimate of drug-likeness (QED) is 0.898. The van der Waals surface area contributed by atoms with E-state index in [2.05, 4.69) is 0 Å². The number of hydrogen-bond donors (Lipinski definition) is 1. The van der Waals surface area contributed by atoms with Gasteiger partial charge >= 0.3 is 0 Å². The highest BCUT2D eigenvalue weighted by atomic mass is 19.1. The number of benzene rings is 1. The zero-order chi connectivity index (χ0) is 13.1. The zero-order valence-electron chi connectivity index (χ0n) is 10.7. The SMILES string of the molecule is CC1CCC(COc2ccc(F)cc2C(C)O)O1. The largest absolute Gasteiger partial charge is 0.490 e. The molecular formula is C14H19FO3. The van der Waals surface area contributed by atoms with Crippen molar-refractivity contribution in [2.45, 2.75) is 45.0 Å². The van der Waals surface area contributed by atoms with Gasteiger partial charge in [-0.05, 0) is 44.9 Å². The molecule has 1 aliphatic rings. The van der Waals surface area contributed by atoms with E-state index in [9.17, 15) is 9.50 Å². The molecule has 1 aromatic rings. The van der Waals surface area contributed by atoms with Crippen molar-refractivity contribution in [1.82, 2.24) is 0 Å². The lowest BCUT2D eigenvalue weighted by molar-refractivity contribution is 0.0256. The van der Waals surface area contributed by atoms with Gasteiger partial charge in [0.2, 0.25) is 0 Å². The van der Waals surface area contributed by atoms with Gasteiger partial charge in [0.05, 0.1) is 18.3 Å². The first kappa shape index (κ1) is 13.3. The van der Waals surface area contributed by atoms with Crippen LogP contribution in [0.2, 0.25) is 0 Å². The molecule has 1 fully saturated rings. The Labute approximate surface area is 107 Å². The van der Waals surface area contributed by atoms with E-state index in [-0.39, 0.29) is 18.0 Å². The second-order valence-corrected chi connectivity index (χ2v) is 4.82. The van der Waals surface area contributed by atoms with E-state index in [1.165, 1.54) is 12.1 Å². The van der Waals surface area contributed by atoms with E-state index in [4.69, 9.17) is 9.47 Å². The van der Waals surface area contributed by atoms with Crippen LogP contribution in [0.25, 0.3) is 0 Å². The molecule has 0 radical (unpaired) electrons. The van der Waals surface area contributed by atoms with Crippen molar-refractivity contribution >= 4 is 0 Å². The second kappa shape index (κ2) is 5.67. The van der Waals surface area contributed by atoms with E-state index in [0.29, 0.717) is 17.9 Å². The van der Waals surface area contributed by atoms with Gasteiger partial charge in [-0.1, -0.05) is 0 Å². The molecular weight excluding hydrogens is 235 g/mol. The highest BCUT2D eigenvalue weighted by Gasteiger charge is 2.22. The number of ether oxygens (including phenoxy) is 2. The highest BCUT2D eigenvalue weighted by Crippen LogP contribution is 2.27. The van der Waals surface area contributed by atoms with E-state index in [1.807, 2.05) is 6.92 Å². The molecule has 0 bridgehead atoms.